The number of epoxide rings is 1. The summed E-state index contributed by atoms with van der Waals surface area (Å²) in [4.78, 5) is 44.9. The number of rotatable bonds is 8. The molecule has 1 N–H and O–H groups in total. The molecule has 2 saturated heterocycles. The minimum atomic E-state index is -4.33. The van der Waals surface area contributed by atoms with Crippen LogP contribution in [0, 0.1) is 13.8 Å². The summed E-state index contributed by atoms with van der Waals surface area (Å²) < 4.78 is 62.7. The molecule has 47 heavy (non-hydrogen) atoms. The van der Waals surface area contributed by atoms with Crippen molar-refractivity contribution in [2.75, 3.05) is 19.7 Å². The van der Waals surface area contributed by atoms with E-state index in [9.17, 15) is 27.4 Å². The Bertz CT molecular complexity index is 2110. The van der Waals surface area contributed by atoms with Gasteiger partial charge in [0.2, 0.25) is 17.8 Å². The van der Waals surface area contributed by atoms with Crippen molar-refractivity contribution < 1.29 is 60.4 Å². The fourth-order valence-electron chi connectivity index (χ4n) is 6.06. The van der Waals surface area contributed by atoms with Gasteiger partial charge in [-0.15, -0.1) is 5.06 Å². The Morgan fingerprint density at radius 1 is 1.00 bits per heavy atom. The number of benzene rings is 3. The highest BCUT2D eigenvalue weighted by molar-refractivity contribution is 7.85. The van der Waals surface area contributed by atoms with E-state index in [0.29, 0.717) is 56.6 Å². The molecule has 14 nitrogen and oxygen atoms in total. The Balaban J connectivity index is 1.29. The molecular formula is C32H29N2O12S+. The van der Waals surface area contributed by atoms with Gasteiger partial charge in [0.05, 0.1) is 35.1 Å². The second kappa shape index (κ2) is 11.4. The normalized spacial score (nSPS) is 18.3. The number of hydroxylamine groups is 2. The van der Waals surface area contributed by atoms with E-state index in [-0.39, 0.29) is 48.6 Å². The van der Waals surface area contributed by atoms with E-state index in [1.165, 1.54) is 19.2 Å². The van der Waals surface area contributed by atoms with E-state index in [2.05, 4.69) is 0 Å². The fraction of sp³-hybridized carbons (Fsp3) is 0.312. The number of carbonyl (C=O) groups is 3. The van der Waals surface area contributed by atoms with Gasteiger partial charge in [-0.25, -0.2) is 9.59 Å². The summed E-state index contributed by atoms with van der Waals surface area (Å²) >= 11 is 0. The van der Waals surface area contributed by atoms with Crippen LogP contribution in [0.2, 0.25) is 0 Å². The second-order valence-electron chi connectivity index (χ2n) is 11.4. The zero-order chi connectivity index (χ0) is 33.2. The zero-order valence-corrected chi connectivity index (χ0v) is 26.3. The lowest BCUT2D eigenvalue weighted by Crippen LogP contribution is -2.40. The van der Waals surface area contributed by atoms with Crippen molar-refractivity contribution in [3.05, 3.63) is 64.7 Å². The number of hydrogen-bond acceptors (Lipinski definition) is 11. The van der Waals surface area contributed by atoms with Gasteiger partial charge in [0.25, 0.3) is 16.0 Å². The number of nitrogens with zero attached hydrogens (tertiary/aromatic N) is 2. The molecule has 15 heteroatoms. The first-order chi connectivity index (χ1) is 22.4. The van der Waals surface area contributed by atoms with Crippen molar-refractivity contribution in [3.8, 4) is 23.0 Å². The van der Waals surface area contributed by atoms with E-state index in [0.717, 1.165) is 5.06 Å². The standard InChI is InChI=1S/C32H28N2O12S/c1-16-10-18(31(36)46-34-27(35)7-6-24-30(34)44-24)11-17(2)29(16)45-32(37)28-20-12-19(41-3)4-5-22(20)33(8-9-47(38,39)40)23-14-26-25(13-21(23)28)42-15-43-26/h4-5,10-14,24,30H,6-9,15H2,1-3H3/p+1. The van der Waals surface area contributed by atoms with Crippen molar-refractivity contribution in [2.24, 2.45) is 0 Å². The van der Waals surface area contributed by atoms with Crippen molar-refractivity contribution in [1.29, 1.82) is 0 Å². The first-order valence-corrected chi connectivity index (χ1v) is 16.3. The first-order valence-electron chi connectivity index (χ1n) is 14.7. The largest absolute Gasteiger partial charge is 0.497 e. The van der Waals surface area contributed by atoms with Gasteiger partial charge >= 0.3 is 11.9 Å². The predicted molar refractivity (Wildman–Crippen MR) is 162 cm³/mol. The molecule has 4 heterocycles. The Hall–Kier alpha value is -4.99. The SMILES string of the molecule is COc1ccc2c(c1)c(C(=O)Oc1c(C)cc(C(=O)ON3C(=O)CCC4OC43)cc1C)c1cc3c(cc1[n+]2CCS(=O)(=O)O)OCO3. The monoisotopic (exact) mass is 665 g/mol. The minimum absolute atomic E-state index is 0.0445. The van der Waals surface area contributed by atoms with Gasteiger partial charge in [-0.1, -0.05) is 0 Å². The van der Waals surface area contributed by atoms with E-state index in [4.69, 9.17) is 28.5 Å². The molecular weight excluding hydrogens is 636 g/mol. The molecule has 2 atom stereocenters. The summed E-state index contributed by atoms with van der Waals surface area (Å²) in [5.74, 6) is -1.01. The van der Waals surface area contributed by atoms with Crippen LogP contribution in [0.3, 0.4) is 0 Å². The molecule has 3 aliphatic rings. The number of carbonyl (C=O) groups excluding carboxylic acids is 3. The number of amides is 1. The van der Waals surface area contributed by atoms with Gasteiger partial charge in [-0.3, -0.25) is 9.35 Å². The number of fused-ring (bicyclic) bond motifs is 4. The number of aryl methyl sites for hydroxylation is 3. The maximum Gasteiger partial charge on any atom is 0.363 e. The van der Waals surface area contributed by atoms with Gasteiger partial charge in [0.15, 0.2) is 24.3 Å². The summed E-state index contributed by atoms with van der Waals surface area (Å²) in [5, 5.41) is 1.74. The minimum Gasteiger partial charge on any atom is -0.497 e. The second-order valence-corrected chi connectivity index (χ2v) is 13.0. The zero-order valence-electron chi connectivity index (χ0n) is 25.5. The Kier molecular flexibility index (Phi) is 7.41. The molecule has 0 saturated carbocycles. The molecule has 0 bridgehead atoms. The van der Waals surface area contributed by atoms with Crippen LogP contribution in [0.1, 0.15) is 44.7 Å². The lowest BCUT2D eigenvalue weighted by molar-refractivity contribution is -0.640. The van der Waals surface area contributed by atoms with Crippen LogP contribution in [0.4, 0.5) is 0 Å². The van der Waals surface area contributed by atoms with Crippen molar-refractivity contribution in [1.82, 2.24) is 5.06 Å². The van der Waals surface area contributed by atoms with Crippen molar-refractivity contribution in [2.45, 2.75) is 45.6 Å². The molecule has 0 aliphatic carbocycles. The highest BCUT2D eigenvalue weighted by Crippen LogP contribution is 2.40. The van der Waals surface area contributed by atoms with Crippen LogP contribution in [-0.2, 0) is 31.0 Å². The highest BCUT2D eigenvalue weighted by Gasteiger charge is 2.52. The van der Waals surface area contributed by atoms with E-state index >= 15 is 0 Å². The van der Waals surface area contributed by atoms with Gasteiger partial charge in [-0.2, -0.15) is 13.0 Å². The maximum absolute atomic E-state index is 14.2. The Morgan fingerprint density at radius 2 is 1.70 bits per heavy atom. The lowest BCUT2D eigenvalue weighted by atomic mass is 10.0. The topological polar surface area (TPSA) is 171 Å². The maximum atomic E-state index is 14.2. The van der Waals surface area contributed by atoms with Gasteiger partial charge < -0.3 is 28.5 Å². The van der Waals surface area contributed by atoms with Crippen LogP contribution >= 0.6 is 0 Å². The molecule has 3 aromatic carbocycles. The average Bonchev–Trinajstić information content (AvgIpc) is 3.68. The van der Waals surface area contributed by atoms with Crippen LogP contribution in [0.25, 0.3) is 21.8 Å². The quantitative estimate of drug-likeness (QED) is 0.0729. The molecule has 3 aliphatic heterocycles. The van der Waals surface area contributed by atoms with Gasteiger partial charge in [0, 0.05) is 12.5 Å². The van der Waals surface area contributed by atoms with E-state index in [1.807, 2.05) is 0 Å². The molecule has 2 fully saturated rings. The third-order valence-electron chi connectivity index (χ3n) is 8.34. The van der Waals surface area contributed by atoms with Crippen LogP contribution in [-0.4, -0.2) is 67.9 Å². The molecule has 1 amide bonds. The summed E-state index contributed by atoms with van der Waals surface area (Å²) in [6, 6.07) is 11.2. The van der Waals surface area contributed by atoms with Crippen LogP contribution in [0.15, 0.2) is 42.5 Å². The number of piperidine rings is 1. The van der Waals surface area contributed by atoms with Crippen LogP contribution < -0.4 is 23.5 Å². The fourth-order valence-corrected chi connectivity index (χ4v) is 6.47. The Labute approximate surface area is 268 Å². The third-order valence-corrected chi connectivity index (χ3v) is 9.04. The van der Waals surface area contributed by atoms with Crippen molar-refractivity contribution >= 4 is 49.8 Å². The smallest absolute Gasteiger partial charge is 0.363 e. The molecule has 0 radical (unpaired) electrons. The summed E-state index contributed by atoms with van der Waals surface area (Å²) in [5.41, 5.74) is 2.11. The molecule has 244 valence electrons. The number of hydrogen-bond donors (Lipinski definition) is 1. The van der Waals surface area contributed by atoms with Gasteiger partial charge in [0.1, 0.15) is 23.4 Å². The summed E-state index contributed by atoms with van der Waals surface area (Å²) in [6.07, 6.45) is 0.107. The van der Waals surface area contributed by atoms with Crippen LogP contribution in [0.5, 0.6) is 23.0 Å². The van der Waals surface area contributed by atoms with Crippen molar-refractivity contribution in [3.63, 3.8) is 0 Å². The van der Waals surface area contributed by atoms with E-state index < -0.39 is 34.0 Å². The molecule has 4 aromatic rings. The number of aromatic nitrogens is 1. The molecule has 1 aromatic heterocycles. The third kappa shape index (κ3) is 5.66. The van der Waals surface area contributed by atoms with E-state index in [1.54, 1.807) is 48.7 Å². The number of pyridine rings is 1. The average molecular weight is 666 g/mol. The first kappa shape index (κ1) is 30.7. The summed E-state index contributed by atoms with van der Waals surface area (Å²) in [7, 11) is -2.86. The Morgan fingerprint density at radius 3 is 2.40 bits per heavy atom. The van der Waals surface area contributed by atoms with Gasteiger partial charge in [-0.05, 0) is 61.7 Å². The molecule has 2 unspecified atom stereocenters. The molecule has 7 rings (SSSR count). The number of ether oxygens (including phenoxy) is 5. The molecule has 0 spiro atoms. The predicted octanol–water partition coefficient (Wildman–Crippen LogP) is 3.16. The number of methoxy groups -OCH3 is 1. The lowest BCUT2D eigenvalue weighted by Gasteiger charge is -2.22. The summed E-state index contributed by atoms with van der Waals surface area (Å²) in [6.45, 7) is 3.16. The number of esters is 1. The highest BCUT2D eigenvalue weighted by atomic mass is 32.2.